The van der Waals surface area contributed by atoms with Crippen LogP contribution in [-0.4, -0.2) is 12.6 Å². The summed E-state index contributed by atoms with van der Waals surface area (Å²) in [5.41, 5.74) is 2.54. The molecule has 1 saturated carbocycles. The van der Waals surface area contributed by atoms with Gasteiger partial charge in [0.15, 0.2) is 0 Å². The summed E-state index contributed by atoms with van der Waals surface area (Å²) in [5.74, 6) is 0.435. The Balaban J connectivity index is 2.07. The van der Waals surface area contributed by atoms with Crippen LogP contribution in [0.25, 0.3) is 0 Å². The molecule has 1 aromatic carbocycles. The Kier molecular flexibility index (Phi) is 2.05. The van der Waals surface area contributed by atoms with Crippen molar-refractivity contribution in [2.24, 2.45) is 0 Å². The summed E-state index contributed by atoms with van der Waals surface area (Å²) >= 11 is 0. The van der Waals surface area contributed by atoms with Crippen LogP contribution < -0.4 is 0 Å². The molecule has 1 aliphatic carbocycles. The second-order valence-electron chi connectivity index (χ2n) is 3.53. The predicted octanol–water partition coefficient (Wildman–Crippen LogP) is 2.02. The van der Waals surface area contributed by atoms with Gasteiger partial charge in [0.25, 0.3) is 6.47 Å². The van der Waals surface area contributed by atoms with Crippen LogP contribution in [0.5, 0.6) is 0 Å². The van der Waals surface area contributed by atoms with Crippen molar-refractivity contribution < 1.29 is 9.53 Å². The lowest BCUT2D eigenvalue weighted by Crippen LogP contribution is -1.93. The molecule has 0 aromatic heterocycles. The van der Waals surface area contributed by atoms with Gasteiger partial charge in [0.1, 0.15) is 6.10 Å². The average molecular weight is 176 g/mol. The van der Waals surface area contributed by atoms with E-state index in [9.17, 15) is 4.79 Å². The molecule has 2 nitrogen and oxygen atoms in total. The van der Waals surface area contributed by atoms with E-state index in [0.717, 1.165) is 6.42 Å². The smallest absolute Gasteiger partial charge is 0.293 e. The highest BCUT2D eigenvalue weighted by atomic mass is 16.5. The number of carbonyl (C=O) groups is 1. The van der Waals surface area contributed by atoms with Crippen molar-refractivity contribution in [1.29, 1.82) is 0 Å². The molecule has 1 aromatic rings. The van der Waals surface area contributed by atoms with E-state index >= 15 is 0 Å². The highest BCUT2D eigenvalue weighted by Gasteiger charge is 2.40. The molecule has 1 fully saturated rings. The van der Waals surface area contributed by atoms with Gasteiger partial charge in [-0.15, -0.1) is 0 Å². The summed E-state index contributed by atoms with van der Waals surface area (Å²) in [4.78, 5) is 10.1. The van der Waals surface area contributed by atoms with Crippen molar-refractivity contribution in [3.8, 4) is 0 Å². The summed E-state index contributed by atoms with van der Waals surface area (Å²) in [6, 6.07) is 8.35. The second-order valence-corrected chi connectivity index (χ2v) is 3.53. The summed E-state index contributed by atoms with van der Waals surface area (Å²) in [5, 5.41) is 0. The number of hydrogen-bond acceptors (Lipinski definition) is 2. The minimum Gasteiger partial charge on any atom is -0.464 e. The van der Waals surface area contributed by atoms with Gasteiger partial charge in [0.2, 0.25) is 0 Å². The lowest BCUT2D eigenvalue weighted by Gasteiger charge is -2.00. The Hall–Kier alpha value is -1.31. The molecule has 0 aliphatic heterocycles. The molecule has 0 spiro atoms. The summed E-state index contributed by atoms with van der Waals surface area (Å²) in [6.45, 7) is 2.61. The number of aryl methyl sites for hydroxylation is 1. The lowest BCUT2D eigenvalue weighted by atomic mass is 10.1. The highest BCUT2D eigenvalue weighted by molar-refractivity contribution is 5.40. The topological polar surface area (TPSA) is 26.3 Å². The van der Waals surface area contributed by atoms with Crippen molar-refractivity contribution in [3.05, 3.63) is 35.4 Å². The fraction of sp³-hybridized carbons (Fsp3) is 0.364. The molecular formula is C11H12O2. The number of ether oxygens (including phenoxy) is 1. The van der Waals surface area contributed by atoms with E-state index in [1.165, 1.54) is 11.1 Å². The van der Waals surface area contributed by atoms with Gasteiger partial charge >= 0.3 is 0 Å². The normalized spacial score (nSPS) is 25.3. The van der Waals surface area contributed by atoms with Crippen LogP contribution in [0, 0.1) is 6.92 Å². The van der Waals surface area contributed by atoms with E-state index in [1.807, 2.05) is 6.07 Å². The van der Waals surface area contributed by atoms with E-state index in [-0.39, 0.29) is 6.10 Å². The zero-order valence-corrected chi connectivity index (χ0v) is 7.57. The SMILES string of the molecule is Cc1cccc(C2C[C@H]2OC=O)c1. The van der Waals surface area contributed by atoms with Gasteiger partial charge in [0.05, 0.1) is 0 Å². The first-order valence-electron chi connectivity index (χ1n) is 4.47. The maximum absolute atomic E-state index is 10.1. The Morgan fingerprint density at radius 1 is 1.54 bits per heavy atom. The Labute approximate surface area is 77.5 Å². The van der Waals surface area contributed by atoms with Crippen LogP contribution >= 0.6 is 0 Å². The molecule has 0 saturated heterocycles. The van der Waals surface area contributed by atoms with E-state index in [4.69, 9.17) is 4.74 Å². The maximum Gasteiger partial charge on any atom is 0.293 e. The Bertz CT molecular complexity index is 320. The maximum atomic E-state index is 10.1. The molecule has 0 amide bonds. The molecule has 13 heavy (non-hydrogen) atoms. The fourth-order valence-corrected chi connectivity index (χ4v) is 1.64. The third kappa shape index (κ3) is 1.72. The van der Waals surface area contributed by atoms with Gasteiger partial charge in [-0.05, 0) is 18.9 Å². The van der Waals surface area contributed by atoms with Crippen LogP contribution in [0.4, 0.5) is 0 Å². The number of hydrogen-bond donors (Lipinski definition) is 0. The summed E-state index contributed by atoms with van der Waals surface area (Å²) < 4.78 is 4.88. The third-order valence-corrected chi connectivity index (χ3v) is 2.43. The first kappa shape index (κ1) is 8.30. The van der Waals surface area contributed by atoms with Crippen LogP contribution in [-0.2, 0) is 9.53 Å². The van der Waals surface area contributed by atoms with Gasteiger partial charge in [-0.1, -0.05) is 29.8 Å². The highest BCUT2D eigenvalue weighted by Crippen LogP contribution is 2.42. The van der Waals surface area contributed by atoms with Crippen molar-refractivity contribution >= 4 is 6.47 Å². The van der Waals surface area contributed by atoms with Gasteiger partial charge in [-0.3, -0.25) is 4.79 Å². The minimum absolute atomic E-state index is 0.124. The molecule has 1 unspecified atom stereocenters. The van der Waals surface area contributed by atoms with Gasteiger partial charge < -0.3 is 4.74 Å². The zero-order chi connectivity index (χ0) is 9.26. The molecule has 0 radical (unpaired) electrons. The van der Waals surface area contributed by atoms with E-state index < -0.39 is 0 Å². The van der Waals surface area contributed by atoms with Crippen molar-refractivity contribution in [2.75, 3.05) is 0 Å². The second kappa shape index (κ2) is 3.21. The van der Waals surface area contributed by atoms with Gasteiger partial charge in [-0.2, -0.15) is 0 Å². The van der Waals surface area contributed by atoms with Crippen LogP contribution in [0.2, 0.25) is 0 Å². The third-order valence-electron chi connectivity index (χ3n) is 2.43. The quantitative estimate of drug-likeness (QED) is 0.658. The lowest BCUT2D eigenvalue weighted by molar-refractivity contribution is -0.129. The van der Waals surface area contributed by atoms with Crippen LogP contribution in [0.15, 0.2) is 24.3 Å². The largest absolute Gasteiger partial charge is 0.464 e. The summed E-state index contributed by atoms with van der Waals surface area (Å²) in [7, 11) is 0. The molecule has 2 rings (SSSR count). The zero-order valence-electron chi connectivity index (χ0n) is 7.57. The van der Waals surface area contributed by atoms with Gasteiger partial charge in [0, 0.05) is 5.92 Å². The van der Waals surface area contributed by atoms with Crippen LogP contribution in [0.3, 0.4) is 0 Å². The van der Waals surface area contributed by atoms with E-state index in [2.05, 4.69) is 25.1 Å². The molecule has 0 N–H and O–H groups in total. The fourth-order valence-electron chi connectivity index (χ4n) is 1.64. The van der Waals surface area contributed by atoms with Crippen molar-refractivity contribution in [3.63, 3.8) is 0 Å². The van der Waals surface area contributed by atoms with Crippen molar-refractivity contribution in [1.82, 2.24) is 0 Å². The van der Waals surface area contributed by atoms with Crippen molar-refractivity contribution in [2.45, 2.75) is 25.4 Å². The standard InChI is InChI=1S/C11H12O2/c1-8-3-2-4-9(5-8)10-6-11(10)13-7-12/h2-5,7,10-11H,6H2,1H3/t10?,11-/m1/s1. The average Bonchev–Trinajstić information content (AvgIpc) is 2.85. The van der Waals surface area contributed by atoms with Gasteiger partial charge in [-0.25, -0.2) is 0 Å². The minimum atomic E-state index is 0.124. The molecule has 2 atom stereocenters. The summed E-state index contributed by atoms with van der Waals surface area (Å²) in [6.07, 6.45) is 1.10. The molecule has 1 aliphatic rings. The molecule has 0 heterocycles. The molecule has 2 heteroatoms. The predicted molar refractivity (Wildman–Crippen MR) is 49.5 cm³/mol. The molecular weight excluding hydrogens is 164 g/mol. The van der Waals surface area contributed by atoms with E-state index in [1.54, 1.807) is 0 Å². The Morgan fingerprint density at radius 3 is 3.08 bits per heavy atom. The molecule has 68 valence electrons. The number of carbonyl (C=O) groups excluding carboxylic acids is 1. The number of benzene rings is 1. The Morgan fingerprint density at radius 2 is 2.38 bits per heavy atom. The van der Waals surface area contributed by atoms with E-state index in [0.29, 0.717) is 12.4 Å². The monoisotopic (exact) mass is 176 g/mol. The van der Waals surface area contributed by atoms with Crippen LogP contribution in [0.1, 0.15) is 23.5 Å². The first-order valence-corrected chi connectivity index (χ1v) is 4.47. The number of rotatable bonds is 3. The first-order chi connectivity index (χ1) is 6.31. The molecule has 0 bridgehead atoms.